The van der Waals surface area contributed by atoms with Crippen molar-refractivity contribution < 1.29 is 18.7 Å². The zero-order chi connectivity index (χ0) is 27.6. The molecule has 0 atom stereocenters. The van der Waals surface area contributed by atoms with Crippen LogP contribution < -0.4 is 20.6 Å². The molecule has 1 aliphatic carbocycles. The zero-order valence-corrected chi connectivity index (χ0v) is 22.9. The van der Waals surface area contributed by atoms with E-state index < -0.39 is 0 Å². The van der Waals surface area contributed by atoms with Crippen LogP contribution in [0.2, 0.25) is 0 Å². The van der Waals surface area contributed by atoms with E-state index in [-0.39, 0.29) is 16.8 Å². The molecule has 7 heteroatoms. The number of carbonyl (C=O) groups is 1. The summed E-state index contributed by atoms with van der Waals surface area (Å²) in [5.41, 5.74) is 8.24. The van der Waals surface area contributed by atoms with Gasteiger partial charge in [-0.15, -0.1) is 0 Å². The molecule has 1 heterocycles. The lowest BCUT2D eigenvalue weighted by molar-refractivity contribution is -0.127. The van der Waals surface area contributed by atoms with E-state index in [1.165, 1.54) is 0 Å². The van der Waals surface area contributed by atoms with Crippen molar-refractivity contribution in [1.29, 1.82) is 0 Å². The molecular weight excluding hydrogens is 492 g/mol. The van der Waals surface area contributed by atoms with Crippen molar-refractivity contribution in [3.05, 3.63) is 75.9 Å². The van der Waals surface area contributed by atoms with Gasteiger partial charge >= 0.3 is 0 Å². The van der Waals surface area contributed by atoms with Gasteiger partial charge in [0.1, 0.15) is 23.7 Å². The molecule has 2 N–H and O–H groups in total. The van der Waals surface area contributed by atoms with Crippen LogP contribution in [0, 0.1) is 12.3 Å². The Morgan fingerprint density at radius 3 is 2.41 bits per heavy atom. The molecule has 0 bridgehead atoms. The minimum Gasteiger partial charge on any atom is -0.488 e. The molecule has 5 rings (SSSR count). The van der Waals surface area contributed by atoms with E-state index >= 15 is 0 Å². The van der Waals surface area contributed by atoms with Crippen LogP contribution in [-0.4, -0.2) is 38.1 Å². The second-order valence-corrected chi connectivity index (χ2v) is 11.0. The van der Waals surface area contributed by atoms with Gasteiger partial charge in [-0.25, -0.2) is 0 Å². The number of ether oxygens (including phenoxy) is 2. The van der Waals surface area contributed by atoms with Crippen molar-refractivity contribution in [3.63, 3.8) is 0 Å². The van der Waals surface area contributed by atoms with Gasteiger partial charge < -0.3 is 24.5 Å². The SMILES string of the molecule is Cc1cc(OCCN(C)C)c2oc3cc(Oc4ccc(CCC5(C(N)=O)CCCC5)cc4)ccc3c(=O)c2c1. The average Bonchev–Trinajstić information content (AvgIpc) is 3.39. The first kappa shape index (κ1) is 26.8. The summed E-state index contributed by atoms with van der Waals surface area (Å²) >= 11 is 0. The summed E-state index contributed by atoms with van der Waals surface area (Å²) in [6.45, 7) is 3.17. The minimum atomic E-state index is -0.357. The third-order valence-electron chi connectivity index (χ3n) is 7.78. The summed E-state index contributed by atoms with van der Waals surface area (Å²) in [6.07, 6.45) is 5.50. The van der Waals surface area contributed by atoms with Gasteiger partial charge in [0.15, 0.2) is 11.3 Å². The Hall–Kier alpha value is -3.84. The number of fused-ring (bicyclic) bond motifs is 2. The highest BCUT2D eigenvalue weighted by atomic mass is 16.5. The summed E-state index contributed by atoms with van der Waals surface area (Å²) in [5.74, 6) is 1.63. The van der Waals surface area contributed by atoms with E-state index in [0.29, 0.717) is 45.8 Å². The molecule has 1 aromatic heterocycles. The Balaban J connectivity index is 1.35. The molecule has 1 saturated carbocycles. The van der Waals surface area contributed by atoms with Crippen LogP contribution in [0.4, 0.5) is 0 Å². The zero-order valence-electron chi connectivity index (χ0n) is 22.9. The quantitative estimate of drug-likeness (QED) is 0.255. The third-order valence-corrected chi connectivity index (χ3v) is 7.78. The number of benzene rings is 3. The lowest BCUT2D eigenvalue weighted by atomic mass is 9.80. The fraction of sp³-hybridized carbons (Fsp3) is 0.375. The van der Waals surface area contributed by atoms with Crippen LogP contribution in [0.3, 0.4) is 0 Å². The minimum absolute atomic E-state index is 0.0979. The van der Waals surface area contributed by atoms with E-state index in [1.54, 1.807) is 18.2 Å². The number of nitrogens with two attached hydrogens (primary N) is 1. The van der Waals surface area contributed by atoms with Gasteiger partial charge in [-0.3, -0.25) is 9.59 Å². The molecule has 0 radical (unpaired) electrons. The number of rotatable bonds is 10. The smallest absolute Gasteiger partial charge is 0.223 e. The molecule has 204 valence electrons. The molecule has 1 aliphatic rings. The molecule has 0 aliphatic heterocycles. The molecule has 3 aromatic carbocycles. The summed E-state index contributed by atoms with van der Waals surface area (Å²) in [5, 5.41) is 0.993. The first-order chi connectivity index (χ1) is 18.7. The molecule has 0 spiro atoms. The first-order valence-corrected chi connectivity index (χ1v) is 13.6. The van der Waals surface area contributed by atoms with Crippen molar-refractivity contribution in [2.24, 2.45) is 11.1 Å². The largest absolute Gasteiger partial charge is 0.488 e. The maximum absolute atomic E-state index is 13.3. The molecule has 4 aromatic rings. The average molecular weight is 529 g/mol. The van der Waals surface area contributed by atoms with Crippen molar-refractivity contribution in [2.45, 2.75) is 45.4 Å². The maximum Gasteiger partial charge on any atom is 0.223 e. The molecule has 7 nitrogen and oxygen atoms in total. The Kier molecular flexibility index (Phi) is 7.62. The number of nitrogens with zero attached hydrogens (tertiary/aromatic N) is 1. The lowest BCUT2D eigenvalue weighted by Gasteiger charge is -2.24. The molecule has 39 heavy (non-hydrogen) atoms. The van der Waals surface area contributed by atoms with Crippen molar-refractivity contribution >= 4 is 27.8 Å². The Bertz CT molecular complexity index is 1550. The fourth-order valence-corrected chi connectivity index (χ4v) is 5.47. The van der Waals surface area contributed by atoms with Crippen LogP contribution in [0.15, 0.2) is 63.8 Å². The van der Waals surface area contributed by atoms with E-state index in [1.807, 2.05) is 62.3 Å². The number of amides is 1. The maximum atomic E-state index is 13.3. The highest BCUT2D eigenvalue weighted by molar-refractivity contribution is 5.93. The van der Waals surface area contributed by atoms with Gasteiger partial charge in [0, 0.05) is 18.0 Å². The molecular formula is C32H36N2O5. The van der Waals surface area contributed by atoms with Gasteiger partial charge in [-0.1, -0.05) is 25.0 Å². The number of carbonyl (C=O) groups excluding carboxylic acids is 1. The highest BCUT2D eigenvalue weighted by Crippen LogP contribution is 2.41. The summed E-state index contributed by atoms with van der Waals surface area (Å²) in [4.78, 5) is 27.4. The lowest BCUT2D eigenvalue weighted by Crippen LogP contribution is -2.35. The van der Waals surface area contributed by atoms with Crippen molar-refractivity contribution in [3.8, 4) is 17.2 Å². The molecule has 0 saturated heterocycles. The van der Waals surface area contributed by atoms with Crippen LogP contribution in [-0.2, 0) is 11.2 Å². The first-order valence-electron chi connectivity index (χ1n) is 13.6. The number of hydrogen-bond acceptors (Lipinski definition) is 6. The monoisotopic (exact) mass is 528 g/mol. The second-order valence-electron chi connectivity index (χ2n) is 11.0. The van der Waals surface area contributed by atoms with E-state index in [2.05, 4.69) is 0 Å². The van der Waals surface area contributed by atoms with Crippen molar-refractivity contribution in [1.82, 2.24) is 4.90 Å². The fourth-order valence-electron chi connectivity index (χ4n) is 5.47. The Morgan fingerprint density at radius 2 is 1.72 bits per heavy atom. The van der Waals surface area contributed by atoms with E-state index in [4.69, 9.17) is 19.6 Å². The van der Waals surface area contributed by atoms with Crippen LogP contribution in [0.5, 0.6) is 17.2 Å². The van der Waals surface area contributed by atoms with Crippen LogP contribution in [0.1, 0.15) is 43.2 Å². The second kappa shape index (κ2) is 11.1. The number of hydrogen-bond donors (Lipinski definition) is 1. The predicted octanol–water partition coefficient (Wildman–Crippen LogP) is 5.97. The molecule has 0 unspecified atom stereocenters. The Labute approximate surface area is 228 Å². The number of aryl methyl sites for hydroxylation is 2. The predicted molar refractivity (Wildman–Crippen MR) is 154 cm³/mol. The van der Waals surface area contributed by atoms with Crippen molar-refractivity contribution in [2.75, 3.05) is 27.2 Å². The van der Waals surface area contributed by atoms with Crippen LogP contribution >= 0.6 is 0 Å². The number of likely N-dealkylation sites (N-methyl/N-ethyl adjacent to an activating group) is 1. The van der Waals surface area contributed by atoms with Gasteiger partial charge in [0.2, 0.25) is 11.3 Å². The summed E-state index contributed by atoms with van der Waals surface area (Å²) in [7, 11) is 3.96. The standard InChI is InChI=1S/C32H36N2O5/c1-21-18-26-29(35)25-11-10-24(20-27(25)39-30(26)28(19-21)37-17-16-34(2)3)38-23-8-6-22(7-9-23)12-15-32(31(33)36)13-4-5-14-32/h6-11,18-20H,4-5,12-17H2,1-3H3,(H2,33,36). The topological polar surface area (TPSA) is 95.0 Å². The summed E-state index contributed by atoms with van der Waals surface area (Å²) in [6, 6.07) is 16.9. The van der Waals surface area contributed by atoms with Gasteiger partial charge in [0.25, 0.3) is 0 Å². The highest BCUT2D eigenvalue weighted by Gasteiger charge is 2.38. The van der Waals surface area contributed by atoms with Gasteiger partial charge in [0.05, 0.1) is 10.8 Å². The van der Waals surface area contributed by atoms with Gasteiger partial charge in [-0.2, -0.15) is 0 Å². The number of primary amides is 1. The van der Waals surface area contributed by atoms with Gasteiger partial charge in [-0.05, 0) is 94.2 Å². The van der Waals surface area contributed by atoms with E-state index in [0.717, 1.165) is 56.2 Å². The van der Waals surface area contributed by atoms with E-state index in [9.17, 15) is 9.59 Å². The summed E-state index contributed by atoms with van der Waals surface area (Å²) < 4.78 is 18.3. The molecule has 1 fully saturated rings. The molecule has 1 amide bonds. The van der Waals surface area contributed by atoms with Crippen LogP contribution in [0.25, 0.3) is 21.9 Å². The normalized spacial score (nSPS) is 14.8. The third kappa shape index (κ3) is 5.78. The Morgan fingerprint density at radius 1 is 1.00 bits per heavy atom.